The van der Waals surface area contributed by atoms with Crippen molar-refractivity contribution < 1.29 is 22.6 Å². The first-order valence-corrected chi connectivity index (χ1v) is 10.5. The average Bonchev–Trinajstić information content (AvgIpc) is 3.41. The lowest BCUT2D eigenvalue weighted by molar-refractivity contribution is -0.325. The second-order valence-corrected chi connectivity index (χ2v) is 7.89. The molecule has 0 unspecified atom stereocenters. The third kappa shape index (κ3) is 4.09. The highest BCUT2D eigenvalue weighted by Crippen LogP contribution is 2.31. The van der Waals surface area contributed by atoms with E-state index in [2.05, 4.69) is 9.72 Å². The Balaban J connectivity index is 1.62. The Bertz CT molecular complexity index is 1370. The number of fused-ring (bicyclic) bond motifs is 2. The normalized spacial score (nSPS) is 15.1. The number of hydrogen-bond donors (Lipinski definition) is 1. The second-order valence-electron chi connectivity index (χ2n) is 7.89. The van der Waals surface area contributed by atoms with Gasteiger partial charge in [0.05, 0.1) is 30.9 Å². The third-order valence-electron chi connectivity index (χ3n) is 5.81. The number of morpholine rings is 1. The number of halogens is 3. The number of benzene rings is 1. The number of anilines is 1. The van der Waals surface area contributed by atoms with Crippen LogP contribution in [0, 0.1) is 0 Å². The number of aromatic nitrogens is 4. The lowest BCUT2D eigenvalue weighted by Gasteiger charge is -2.28. The predicted octanol–water partition coefficient (Wildman–Crippen LogP) is 3.26. The summed E-state index contributed by atoms with van der Waals surface area (Å²) in [5.74, 6) is 0.587. The molecular formula is C22H22F3N5O3. The highest BCUT2D eigenvalue weighted by atomic mass is 19.4. The molecule has 0 saturated carbocycles. The van der Waals surface area contributed by atoms with Crippen molar-refractivity contribution in [2.75, 3.05) is 37.8 Å². The summed E-state index contributed by atoms with van der Waals surface area (Å²) in [5.41, 5.74) is 3.39. The number of nitrogens with one attached hydrogen (secondary N) is 1. The van der Waals surface area contributed by atoms with E-state index in [0.29, 0.717) is 48.8 Å². The van der Waals surface area contributed by atoms with Crippen molar-refractivity contribution in [3.05, 3.63) is 47.0 Å². The molecular weight excluding hydrogens is 439 g/mol. The topological polar surface area (TPSA) is 77.3 Å². The number of alkyl halides is 3. The molecule has 0 spiro atoms. The van der Waals surface area contributed by atoms with Gasteiger partial charge in [-0.2, -0.15) is 0 Å². The molecule has 11 heteroatoms. The summed E-state index contributed by atoms with van der Waals surface area (Å²) < 4.78 is 50.6. The molecule has 174 valence electrons. The number of aromatic amines is 1. The zero-order chi connectivity index (χ0) is 23.2. The van der Waals surface area contributed by atoms with Gasteiger partial charge in [0.25, 0.3) is 5.56 Å². The van der Waals surface area contributed by atoms with Gasteiger partial charge in [0.1, 0.15) is 5.52 Å². The van der Waals surface area contributed by atoms with E-state index in [4.69, 9.17) is 9.72 Å². The molecule has 4 heterocycles. The van der Waals surface area contributed by atoms with Gasteiger partial charge in [-0.15, -0.1) is 13.2 Å². The minimum atomic E-state index is -4.70. The van der Waals surface area contributed by atoms with Crippen LogP contribution in [0.2, 0.25) is 0 Å². The van der Waals surface area contributed by atoms with Crippen molar-refractivity contribution in [1.29, 1.82) is 0 Å². The molecule has 3 aromatic heterocycles. The number of ether oxygens (including phenoxy) is 2. The summed E-state index contributed by atoms with van der Waals surface area (Å²) in [5, 5.41) is 0.775. The maximum absolute atomic E-state index is 12.6. The van der Waals surface area contributed by atoms with Gasteiger partial charge in [-0.1, -0.05) is 6.07 Å². The first kappa shape index (κ1) is 21.5. The van der Waals surface area contributed by atoms with E-state index in [1.807, 2.05) is 29.2 Å². The Morgan fingerprint density at radius 1 is 1.21 bits per heavy atom. The summed E-state index contributed by atoms with van der Waals surface area (Å²) in [4.78, 5) is 22.1. The smallest absolute Gasteiger partial charge is 0.378 e. The minimum Gasteiger partial charge on any atom is -0.378 e. The standard InChI is InChI=1S/C22H22F3N5O3/c1-28-13-16(15-4-5-26-19(15)20(28)31)14-2-3-17-18(12-14)30(8-11-33-22(23,24)25)21(27-17)29-6-9-32-10-7-29/h2-5,12-13,26H,6-11H2,1H3. The lowest BCUT2D eigenvalue weighted by atomic mass is 10.0. The van der Waals surface area contributed by atoms with E-state index in [0.717, 1.165) is 16.5 Å². The van der Waals surface area contributed by atoms with Crippen molar-refractivity contribution in [3.8, 4) is 11.1 Å². The van der Waals surface area contributed by atoms with Gasteiger partial charge in [-0.05, 0) is 23.8 Å². The lowest BCUT2D eigenvalue weighted by Crippen LogP contribution is -2.38. The molecule has 0 radical (unpaired) electrons. The minimum absolute atomic E-state index is 0.0149. The number of hydrogen-bond acceptors (Lipinski definition) is 5. The fourth-order valence-corrected chi connectivity index (χ4v) is 4.25. The number of nitrogens with zero attached hydrogens (tertiary/aromatic N) is 4. The van der Waals surface area contributed by atoms with Crippen LogP contribution in [0.4, 0.5) is 19.1 Å². The van der Waals surface area contributed by atoms with Crippen molar-refractivity contribution >= 4 is 27.9 Å². The van der Waals surface area contributed by atoms with Crippen LogP contribution in [0.25, 0.3) is 33.1 Å². The summed E-state index contributed by atoms with van der Waals surface area (Å²) in [6, 6.07) is 7.48. The van der Waals surface area contributed by atoms with E-state index in [1.165, 1.54) is 4.57 Å². The van der Waals surface area contributed by atoms with Crippen LogP contribution < -0.4 is 10.5 Å². The SMILES string of the molecule is Cn1cc(-c2ccc3nc(N4CCOCC4)n(CCOC(F)(F)F)c3c2)c2cc[nH]c2c1=O. The molecule has 1 aliphatic heterocycles. The summed E-state index contributed by atoms with van der Waals surface area (Å²) >= 11 is 0. The molecule has 33 heavy (non-hydrogen) atoms. The van der Waals surface area contributed by atoms with Gasteiger partial charge >= 0.3 is 6.36 Å². The van der Waals surface area contributed by atoms with Crippen molar-refractivity contribution in [3.63, 3.8) is 0 Å². The van der Waals surface area contributed by atoms with E-state index in [9.17, 15) is 18.0 Å². The molecule has 0 atom stereocenters. The van der Waals surface area contributed by atoms with Crippen LogP contribution in [-0.4, -0.2) is 58.4 Å². The van der Waals surface area contributed by atoms with Gasteiger partial charge in [0, 0.05) is 50.0 Å². The van der Waals surface area contributed by atoms with Crippen LogP contribution in [0.15, 0.2) is 41.5 Å². The van der Waals surface area contributed by atoms with E-state index < -0.39 is 13.0 Å². The van der Waals surface area contributed by atoms with Crippen molar-refractivity contribution in [1.82, 2.24) is 19.1 Å². The van der Waals surface area contributed by atoms with E-state index in [-0.39, 0.29) is 12.1 Å². The average molecular weight is 461 g/mol. The van der Waals surface area contributed by atoms with E-state index >= 15 is 0 Å². The van der Waals surface area contributed by atoms with Crippen LogP contribution in [0.1, 0.15) is 0 Å². The molecule has 1 aromatic carbocycles. The highest BCUT2D eigenvalue weighted by Gasteiger charge is 2.29. The molecule has 4 aromatic rings. The summed E-state index contributed by atoms with van der Waals surface area (Å²) in [6.07, 6.45) is -1.23. The van der Waals surface area contributed by atoms with Gasteiger partial charge in [-0.3, -0.25) is 9.53 Å². The van der Waals surface area contributed by atoms with Gasteiger partial charge in [0.2, 0.25) is 5.95 Å². The molecule has 0 bridgehead atoms. The second kappa shape index (κ2) is 8.23. The molecule has 1 aliphatic rings. The van der Waals surface area contributed by atoms with Gasteiger partial charge in [-0.25, -0.2) is 4.98 Å². The molecule has 1 saturated heterocycles. The number of rotatable bonds is 5. The Kier molecular flexibility index (Phi) is 5.37. The predicted molar refractivity (Wildman–Crippen MR) is 117 cm³/mol. The Hall–Kier alpha value is -3.31. The van der Waals surface area contributed by atoms with Crippen LogP contribution >= 0.6 is 0 Å². The Morgan fingerprint density at radius 3 is 2.76 bits per heavy atom. The fourth-order valence-electron chi connectivity index (χ4n) is 4.25. The molecule has 1 N–H and O–H groups in total. The largest absolute Gasteiger partial charge is 0.522 e. The molecule has 8 nitrogen and oxygen atoms in total. The van der Waals surface area contributed by atoms with Crippen LogP contribution in [0.3, 0.4) is 0 Å². The van der Waals surface area contributed by atoms with Crippen LogP contribution in [0.5, 0.6) is 0 Å². The number of H-pyrrole nitrogens is 1. The Morgan fingerprint density at radius 2 is 2.00 bits per heavy atom. The zero-order valence-corrected chi connectivity index (χ0v) is 17.9. The first-order valence-electron chi connectivity index (χ1n) is 10.5. The molecule has 0 amide bonds. The van der Waals surface area contributed by atoms with E-state index in [1.54, 1.807) is 24.0 Å². The molecule has 5 rings (SSSR count). The maximum atomic E-state index is 12.6. The Labute approximate surface area is 186 Å². The fraction of sp³-hybridized carbons (Fsp3) is 0.364. The highest BCUT2D eigenvalue weighted by molar-refractivity contribution is 5.96. The number of pyridine rings is 1. The quantitative estimate of drug-likeness (QED) is 0.494. The third-order valence-corrected chi connectivity index (χ3v) is 5.81. The van der Waals surface area contributed by atoms with Crippen molar-refractivity contribution in [2.45, 2.75) is 12.9 Å². The zero-order valence-electron chi connectivity index (χ0n) is 17.9. The maximum Gasteiger partial charge on any atom is 0.522 e. The van der Waals surface area contributed by atoms with Crippen LogP contribution in [-0.2, 0) is 23.1 Å². The monoisotopic (exact) mass is 461 g/mol. The van der Waals surface area contributed by atoms with Gasteiger partial charge in [0.15, 0.2) is 0 Å². The molecule has 0 aliphatic carbocycles. The summed E-state index contributed by atoms with van der Waals surface area (Å²) in [6.45, 7) is 1.70. The summed E-state index contributed by atoms with van der Waals surface area (Å²) in [7, 11) is 1.68. The number of aryl methyl sites for hydroxylation is 1. The van der Waals surface area contributed by atoms with Crippen molar-refractivity contribution in [2.24, 2.45) is 7.05 Å². The number of imidazole rings is 1. The first-order chi connectivity index (χ1) is 15.8. The van der Waals surface area contributed by atoms with Gasteiger partial charge < -0.3 is 23.8 Å². The molecule has 1 fully saturated rings.